The lowest BCUT2D eigenvalue weighted by atomic mass is 10.2. The fourth-order valence-corrected chi connectivity index (χ4v) is 2.27. The van der Waals surface area contributed by atoms with Crippen molar-refractivity contribution in [2.24, 2.45) is 0 Å². The highest BCUT2D eigenvalue weighted by Gasteiger charge is 2.04. The van der Waals surface area contributed by atoms with Gasteiger partial charge in [-0.3, -0.25) is 0 Å². The monoisotopic (exact) mass is 376 g/mol. The molecule has 4 nitrogen and oxygen atoms in total. The van der Waals surface area contributed by atoms with Gasteiger partial charge in [0.1, 0.15) is 17.2 Å². The van der Waals surface area contributed by atoms with Crippen molar-refractivity contribution in [3.05, 3.63) is 58.6 Å². The molecule has 120 valence electrons. The molecule has 0 heterocycles. The summed E-state index contributed by atoms with van der Waals surface area (Å²) < 4.78 is 16.7. The van der Waals surface area contributed by atoms with Gasteiger partial charge in [-0.25, -0.2) is 4.79 Å². The normalized spacial score (nSPS) is 10.6. The molecule has 2 aromatic rings. The van der Waals surface area contributed by atoms with Crippen molar-refractivity contribution >= 4 is 28.0 Å². The quantitative estimate of drug-likeness (QED) is 0.423. The lowest BCUT2D eigenvalue weighted by Crippen LogP contribution is -2.03. The highest BCUT2D eigenvalue weighted by molar-refractivity contribution is 9.10. The SMILES string of the molecule is CCOc1ccc(Br)cc1/C=C/C(=O)Oc1ccc(OC)cc1. The summed E-state index contributed by atoms with van der Waals surface area (Å²) in [5.74, 6) is 1.41. The molecule has 0 saturated heterocycles. The minimum absolute atomic E-state index is 0.458. The zero-order valence-electron chi connectivity index (χ0n) is 12.9. The van der Waals surface area contributed by atoms with Crippen LogP contribution >= 0.6 is 15.9 Å². The van der Waals surface area contributed by atoms with Gasteiger partial charge < -0.3 is 14.2 Å². The second-order valence-electron chi connectivity index (χ2n) is 4.55. The van der Waals surface area contributed by atoms with Crippen LogP contribution in [0, 0.1) is 0 Å². The van der Waals surface area contributed by atoms with E-state index in [-0.39, 0.29) is 0 Å². The Labute approximate surface area is 143 Å². The van der Waals surface area contributed by atoms with E-state index in [0.717, 1.165) is 10.0 Å². The van der Waals surface area contributed by atoms with Crippen molar-refractivity contribution in [3.63, 3.8) is 0 Å². The summed E-state index contributed by atoms with van der Waals surface area (Å²) in [7, 11) is 1.58. The second kappa shape index (κ2) is 8.39. The maximum absolute atomic E-state index is 11.9. The molecule has 0 aliphatic carbocycles. The standard InChI is InChI=1S/C18H17BrO4/c1-3-22-17-10-5-14(19)12-13(17)4-11-18(20)23-16-8-6-15(21-2)7-9-16/h4-12H,3H2,1-2H3/b11-4+. The smallest absolute Gasteiger partial charge is 0.336 e. The minimum Gasteiger partial charge on any atom is -0.497 e. The number of halogens is 1. The Balaban J connectivity index is 2.06. The Morgan fingerprint density at radius 3 is 2.48 bits per heavy atom. The number of hydrogen-bond donors (Lipinski definition) is 0. The average molecular weight is 377 g/mol. The summed E-state index contributed by atoms with van der Waals surface area (Å²) in [6.07, 6.45) is 3.04. The molecule has 2 aromatic carbocycles. The molecule has 0 amide bonds. The van der Waals surface area contributed by atoms with Gasteiger partial charge in [-0.1, -0.05) is 15.9 Å². The van der Waals surface area contributed by atoms with E-state index >= 15 is 0 Å². The van der Waals surface area contributed by atoms with E-state index in [1.54, 1.807) is 37.5 Å². The molecule has 5 heteroatoms. The summed E-state index contributed by atoms with van der Waals surface area (Å²) in [6.45, 7) is 2.46. The van der Waals surface area contributed by atoms with E-state index < -0.39 is 5.97 Å². The van der Waals surface area contributed by atoms with Crippen molar-refractivity contribution in [1.82, 2.24) is 0 Å². The van der Waals surface area contributed by atoms with Crippen molar-refractivity contribution in [2.75, 3.05) is 13.7 Å². The number of ether oxygens (including phenoxy) is 3. The van der Waals surface area contributed by atoms with Crippen LogP contribution in [0.15, 0.2) is 53.0 Å². The minimum atomic E-state index is -0.461. The van der Waals surface area contributed by atoms with Crippen LogP contribution in [-0.2, 0) is 4.79 Å². The van der Waals surface area contributed by atoms with Gasteiger partial charge in [-0.2, -0.15) is 0 Å². The van der Waals surface area contributed by atoms with Crippen LogP contribution in [0.5, 0.6) is 17.2 Å². The van der Waals surface area contributed by atoms with E-state index in [0.29, 0.717) is 23.9 Å². The van der Waals surface area contributed by atoms with Gasteiger partial charge in [-0.15, -0.1) is 0 Å². The Bertz CT molecular complexity index is 693. The fraction of sp³-hybridized carbons (Fsp3) is 0.167. The van der Waals surface area contributed by atoms with E-state index in [1.165, 1.54) is 6.08 Å². The van der Waals surface area contributed by atoms with E-state index in [2.05, 4.69) is 15.9 Å². The first-order valence-electron chi connectivity index (χ1n) is 7.08. The number of rotatable bonds is 6. The lowest BCUT2D eigenvalue weighted by Gasteiger charge is -2.07. The summed E-state index contributed by atoms with van der Waals surface area (Å²) in [5.41, 5.74) is 0.799. The Hall–Kier alpha value is -2.27. The largest absolute Gasteiger partial charge is 0.497 e. The van der Waals surface area contributed by atoms with Gasteiger partial charge in [-0.05, 0) is 55.5 Å². The van der Waals surface area contributed by atoms with E-state index in [1.807, 2.05) is 25.1 Å². The molecule has 0 bridgehead atoms. The molecule has 0 radical (unpaired) electrons. The molecular weight excluding hydrogens is 360 g/mol. The molecule has 0 N–H and O–H groups in total. The topological polar surface area (TPSA) is 44.8 Å². The average Bonchev–Trinajstić information content (AvgIpc) is 2.56. The molecule has 0 spiro atoms. The summed E-state index contributed by atoms with van der Waals surface area (Å²) in [4.78, 5) is 11.9. The van der Waals surface area contributed by atoms with Gasteiger partial charge in [0, 0.05) is 16.1 Å². The molecule has 0 aromatic heterocycles. The number of benzene rings is 2. The molecular formula is C18H17BrO4. The molecule has 23 heavy (non-hydrogen) atoms. The van der Waals surface area contributed by atoms with Gasteiger partial charge in [0.2, 0.25) is 0 Å². The summed E-state index contributed by atoms with van der Waals surface area (Å²) in [6, 6.07) is 12.4. The summed E-state index contributed by atoms with van der Waals surface area (Å²) >= 11 is 3.40. The molecule has 0 fully saturated rings. The van der Waals surface area contributed by atoms with Gasteiger partial charge >= 0.3 is 5.97 Å². The first kappa shape index (κ1) is 17.1. The zero-order valence-corrected chi connectivity index (χ0v) is 14.5. The molecule has 0 saturated carbocycles. The van der Waals surface area contributed by atoms with Gasteiger partial charge in [0.15, 0.2) is 0 Å². The Morgan fingerprint density at radius 2 is 1.83 bits per heavy atom. The molecule has 0 unspecified atom stereocenters. The van der Waals surface area contributed by atoms with E-state index in [9.17, 15) is 4.79 Å². The van der Waals surface area contributed by atoms with Crippen molar-refractivity contribution in [3.8, 4) is 17.2 Å². The number of methoxy groups -OCH3 is 1. The summed E-state index contributed by atoms with van der Waals surface area (Å²) in [5, 5.41) is 0. The predicted molar refractivity (Wildman–Crippen MR) is 93.0 cm³/mol. The van der Waals surface area contributed by atoms with E-state index in [4.69, 9.17) is 14.2 Å². The van der Waals surface area contributed by atoms with Crippen LogP contribution in [0.3, 0.4) is 0 Å². The van der Waals surface area contributed by atoms with Crippen LogP contribution < -0.4 is 14.2 Å². The first-order valence-corrected chi connectivity index (χ1v) is 7.88. The van der Waals surface area contributed by atoms with Crippen molar-refractivity contribution in [2.45, 2.75) is 6.92 Å². The molecule has 0 aliphatic heterocycles. The third kappa shape index (κ3) is 5.14. The molecule has 2 rings (SSSR count). The maximum atomic E-state index is 11.9. The van der Waals surface area contributed by atoms with Crippen LogP contribution in [0.1, 0.15) is 12.5 Å². The highest BCUT2D eigenvalue weighted by Crippen LogP contribution is 2.24. The number of carbonyl (C=O) groups is 1. The zero-order chi connectivity index (χ0) is 16.7. The number of hydrogen-bond acceptors (Lipinski definition) is 4. The third-order valence-corrected chi connectivity index (χ3v) is 3.44. The maximum Gasteiger partial charge on any atom is 0.336 e. The Morgan fingerprint density at radius 1 is 1.13 bits per heavy atom. The van der Waals surface area contributed by atoms with Crippen LogP contribution in [0.4, 0.5) is 0 Å². The van der Waals surface area contributed by atoms with Crippen molar-refractivity contribution < 1.29 is 19.0 Å². The van der Waals surface area contributed by atoms with Crippen LogP contribution in [0.25, 0.3) is 6.08 Å². The third-order valence-electron chi connectivity index (χ3n) is 2.95. The fourth-order valence-electron chi connectivity index (χ4n) is 1.89. The highest BCUT2D eigenvalue weighted by atomic mass is 79.9. The molecule has 0 atom stereocenters. The van der Waals surface area contributed by atoms with Crippen LogP contribution in [-0.4, -0.2) is 19.7 Å². The van der Waals surface area contributed by atoms with Crippen molar-refractivity contribution in [1.29, 1.82) is 0 Å². The second-order valence-corrected chi connectivity index (χ2v) is 5.46. The Kier molecular flexibility index (Phi) is 6.23. The van der Waals surface area contributed by atoms with Gasteiger partial charge in [0.05, 0.1) is 13.7 Å². The van der Waals surface area contributed by atoms with Gasteiger partial charge in [0.25, 0.3) is 0 Å². The lowest BCUT2D eigenvalue weighted by molar-refractivity contribution is -0.128. The number of esters is 1. The molecule has 0 aliphatic rings. The van der Waals surface area contributed by atoms with Crippen LogP contribution in [0.2, 0.25) is 0 Å². The predicted octanol–water partition coefficient (Wildman–Crippen LogP) is 4.48. The number of carbonyl (C=O) groups excluding carboxylic acids is 1. The first-order chi connectivity index (χ1) is 11.1.